The zero-order valence-electron chi connectivity index (χ0n) is 14.4. The Kier molecular flexibility index (Phi) is 6.31. The van der Waals surface area contributed by atoms with Gasteiger partial charge in [0.2, 0.25) is 5.91 Å². The number of amides is 1. The maximum atomic E-state index is 12.6. The quantitative estimate of drug-likeness (QED) is 0.852. The largest absolute Gasteiger partial charge is 0.433 e. The molecule has 1 amide bonds. The van der Waals surface area contributed by atoms with E-state index in [1.807, 2.05) is 0 Å². The van der Waals surface area contributed by atoms with Crippen molar-refractivity contribution in [3.05, 3.63) is 59.7 Å². The van der Waals surface area contributed by atoms with Crippen LogP contribution in [0.5, 0.6) is 0 Å². The summed E-state index contributed by atoms with van der Waals surface area (Å²) in [5.74, 6) is -0.301. The van der Waals surface area contributed by atoms with Crippen LogP contribution in [0.2, 0.25) is 0 Å². The van der Waals surface area contributed by atoms with Gasteiger partial charge in [-0.1, -0.05) is 12.1 Å². The van der Waals surface area contributed by atoms with Gasteiger partial charge in [0.15, 0.2) is 0 Å². The van der Waals surface area contributed by atoms with Crippen LogP contribution < -0.4 is 0 Å². The molecule has 0 bridgehead atoms. The Hall–Kier alpha value is -2.48. The molecule has 5 nitrogen and oxygen atoms in total. The molecule has 140 valence electrons. The third kappa shape index (κ3) is 5.26. The molecule has 0 fully saturated rings. The Morgan fingerprint density at radius 2 is 1.96 bits per heavy atom. The second-order valence-electron chi connectivity index (χ2n) is 6.17. The van der Waals surface area contributed by atoms with Gasteiger partial charge in [0.25, 0.3) is 0 Å². The molecule has 0 radical (unpaired) electrons. The van der Waals surface area contributed by atoms with E-state index in [9.17, 15) is 23.1 Å². The lowest BCUT2D eigenvalue weighted by atomic mass is 10.1. The number of halogens is 3. The third-order valence-electron chi connectivity index (χ3n) is 3.85. The minimum Gasteiger partial charge on any atom is -0.386 e. The fourth-order valence-corrected chi connectivity index (χ4v) is 2.44. The molecule has 26 heavy (non-hydrogen) atoms. The van der Waals surface area contributed by atoms with E-state index in [1.54, 1.807) is 32.2 Å². The summed E-state index contributed by atoms with van der Waals surface area (Å²) in [4.78, 5) is 21.3. The molecule has 1 atom stereocenters. The number of alkyl halides is 3. The molecule has 2 aromatic rings. The van der Waals surface area contributed by atoms with Crippen LogP contribution in [0.25, 0.3) is 0 Å². The molecule has 2 heterocycles. The second-order valence-corrected chi connectivity index (χ2v) is 6.17. The molecule has 0 saturated carbocycles. The molecular formula is C18H20F3N3O2. The number of pyridine rings is 2. The number of aliphatic hydroxyl groups excluding tert-OH is 1. The Morgan fingerprint density at radius 3 is 2.46 bits per heavy atom. The van der Waals surface area contributed by atoms with E-state index in [-0.39, 0.29) is 24.9 Å². The number of aliphatic hydroxyl groups is 1. The normalized spacial score (nSPS) is 12.9. The summed E-state index contributed by atoms with van der Waals surface area (Å²) in [5, 5.41) is 10.3. The van der Waals surface area contributed by atoms with Gasteiger partial charge < -0.3 is 10.0 Å². The summed E-state index contributed by atoms with van der Waals surface area (Å²) in [7, 11) is 0. The van der Waals surface area contributed by atoms with Gasteiger partial charge in [0.1, 0.15) is 5.69 Å². The average Bonchev–Trinajstić information content (AvgIpc) is 2.59. The standard InChI is InChI=1S/C18H20F3N3O2/c1-12(2)24(11-15(25)14-4-3-7-22-10-14)17(26)8-13-5-6-16(23-9-13)18(19,20)21/h3-7,9-10,12,15,25H,8,11H2,1-2H3/t15-/m1/s1. The van der Waals surface area contributed by atoms with E-state index in [4.69, 9.17) is 0 Å². The molecule has 0 aliphatic carbocycles. The van der Waals surface area contributed by atoms with Gasteiger partial charge in [-0.3, -0.25) is 14.8 Å². The smallest absolute Gasteiger partial charge is 0.386 e. The van der Waals surface area contributed by atoms with Crippen molar-refractivity contribution < 1.29 is 23.1 Å². The van der Waals surface area contributed by atoms with Gasteiger partial charge in [0, 0.05) is 30.2 Å². The molecule has 2 aromatic heterocycles. The van der Waals surface area contributed by atoms with Crippen LogP contribution in [0, 0.1) is 0 Å². The van der Waals surface area contributed by atoms with Crippen LogP contribution in [0.3, 0.4) is 0 Å². The van der Waals surface area contributed by atoms with Gasteiger partial charge in [0.05, 0.1) is 19.1 Å². The summed E-state index contributed by atoms with van der Waals surface area (Å²) in [6.45, 7) is 3.67. The van der Waals surface area contributed by atoms with Crippen LogP contribution >= 0.6 is 0 Å². The van der Waals surface area contributed by atoms with Crippen molar-refractivity contribution in [2.24, 2.45) is 0 Å². The first-order valence-corrected chi connectivity index (χ1v) is 8.08. The first kappa shape index (κ1) is 19.8. The maximum absolute atomic E-state index is 12.6. The van der Waals surface area contributed by atoms with Gasteiger partial charge in [-0.15, -0.1) is 0 Å². The number of nitrogens with zero attached hydrogens (tertiary/aromatic N) is 3. The van der Waals surface area contributed by atoms with Crippen molar-refractivity contribution in [1.82, 2.24) is 14.9 Å². The molecule has 2 rings (SSSR count). The SMILES string of the molecule is CC(C)N(C[C@@H](O)c1cccnc1)C(=O)Cc1ccc(C(F)(F)F)nc1. The van der Waals surface area contributed by atoms with Crippen LogP contribution in [0.15, 0.2) is 42.9 Å². The first-order chi connectivity index (χ1) is 12.2. The molecule has 0 aliphatic heterocycles. The predicted octanol–water partition coefficient (Wildman–Crippen LogP) is 3.01. The number of hydrogen-bond acceptors (Lipinski definition) is 4. The monoisotopic (exact) mass is 367 g/mol. The molecule has 0 spiro atoms. The predicted molar refractivity (Wildman–Crippen MR) is 89.0 cm³/mol. The molecule has 0 unspecified atom stereocenters. The van der Waals surface area contributed by atoms with Gasteiger partial charge >= 0.3 is 6.18 Å². The Morgan fingerprint density at radius 1 is 1.23 bits per heavy atom. The van der Waals surface area contributed by atoms with Gasteiger partial charge in [-0.05, 0) is 31.5 Å². The van der Waals surface area contributed by atoms with E-state index < -0.39 is 18.0 Å². The Bertz CT molecular complexity index is 719. The molecule has 0 saturated heterocycles. The lowest BCUT2D eigenvalue weighted by molar-refractivity contribution is -0.141. The molecule has 8 heteroatoms. The second kappa shape index (κ2) is 8.27. The molecule has 0 aliphatic rings. The highest BCUT2D eigenvalue weighted by Crippen LogP contribution is 2.27. The number of aromatic nitrogens is 2. The van der Waals surface area contributed by atoms with E-state index in [2.05, 4.69) is 9.97 Å². The summed E-state index contributed by atoms with van der Waals surface area (Å²) in [6, 6.07) is 5.31. The maximum Gasteiger partial charge on any atom is 0.433 e. The minimum absolute atomic E-state index is 0.0657. The third-order valence-corrected chi connectivity index (χ3v) is 3.85. The summed E-state index contributed by atoms with van der Waals surface area (Å²) >= 11 is 0. The van der Waals surface area contributed by atoms with Crippen molar-refractivity contribution in [3.8, 4) is 0 Å². The van der Waals surface area contributed by atoms with Crippen molar-refractivity contribution >= 4 is 5.91 Å². The van der Waals surface area contributed by atoms with E-state index in [0.29, 0.717) is 11.1 Å². The minimum atomic E-state index is -4.51. The molecule has 1 N–H and O–H groups in total. The topological polar surface area (TPSA) is 66.3 Å². The molecule has 0 aromatic carbocycles. The lowest BCUT2D eigenvalue weighted by Crippen LogP contribution is -2.40. The lowest BCUT2D eigenvalue weighted by Gasteiger charge is -2.29. The van der Waals surface area contributed by atoms with Crippen molar-refractivity contribution in [1.29, 1.82) is 0 Å². The fraction of sp³-hybridized carbons (Fsp3) is 0.389. The van der Waals surface area contributed by atoms with Crippen LogP contribution in [0.4, 0.5) is 13.2 Å². The fourth-order valence-electron chi connectivity index (χ4n) is 2.44. The average molecular weight is 367 g/mol. The Balaban J connectivity index is 2.06. The zero-order valence-corrected chi connectivity index (χ0v) is 14.4. The highest BCUT2D eigenvalue weighted by atomic mass is 19.4. The first-order valence-electron chi connectivity index (χ1n) is 8.08. The number of rotatable bonds is 6. The summed E-state index contributed by atoms with van der Waals surface area (Å²) < 4.78 is 37.7. The van der Waals surface area contributed by atoms with Crippen molar-refractivity contribution in [3.63, 3.8) is 0 Å². The van der Waals surface area contributed by atoms with E-state index >= 15 is 0 Å². The van der Waals surface area contributed by atoms with Crippen molar-refractivity contribution in [2.75, 3.05) is 6.54 Å². The van der Waals surface area contributed by atoms with Crippen LogP contribution in [0.1, 0.15) is 36.8 Å². The van der Waals surface area contributed by atoms with Crippen LogP contribution in [-0.2, 0) is 17.4 Å². The van der Waals surface area contributed by atoms with Crippen LogP contribution in [-0.4, -0.2) is 38.5 Å². The highest BCUT2D eigenvalue weighted by molar-refractivity contribution is 5.79. The number of carbonyl (C=O) groups is 1. The molecular weight excluding hydrogens is 347 g/mol. The highest BCUT2D eigenvalue weighted by Gasteiger charge is 2.32. The van der Waals surface area contributed by atoms with E-state index in [1.165, 1.54) is 17.2 Å². The van der Waals surface area contributed by atoms with Gasteiger partial charge in [-0.25, -0.2) is 0 Å². The Labute approximate surface area is 149 Å². The van der Waals surface area contributed by atoms with E-state index in [0.717, 1.165) is 12.3 Å². The number of hydrogen-bond donors (Lipinski definition) is 1. The summed E-state index contributed by atoms with van der Waals surface area (Å²) in [6.07, 6.45) is -1.35. The number of carbonyl (C=O) groups excluding carboxylic acids is 1. The van der Waals surface area contributed by atoms with Crippen molar-refractivity contribution in [2.45, 2.75) is 38.6 Å². The zero-order chi connectivity index (χ0) is 19.3. The summed E-state index contributed by atoms with van der Waals surface area (Å²) in [5.41, 5.74) is -0.0342. The van der Waals surface area contributed by atoms with Gasteiger partial charge in [-0.2, -0.15) is 13.2 Å².